The molecule has 0 unspecified atom stereocenters. The van der Waals surface area contributed by atoms with Crippen molar-refractivity contribution in [2.45, 2.75) is 33.4 Å². The number of rotatable bonds is 4. The van der Waals surface area contributed by atoms with Gasteiger partial charge in [0.05, 0.1) is 23.6 Å². The maximum absolute atomic E-state index is 4.46. The average Bonchev–Trinajstić information content (AvgIpc) is 2.82. The minimum Gasteiger partial charge on any atom is -0.377 e. The summed E-state index contributed by atoms with van der Waals surface area (Å²) in [5, 5.41) is 12.1. The maximum atomic E-state index is 4.46. The third kappa shape index (κ3) is 2.67. The third-order valence-corrected chi connectivity index (χ3v) is 2.67. The van der Waals surface area contributed by atoms with Crippen LogP contribution in [-0.2, 0) is 13.6 Å². The molecular weight excluding hydrogens is 214 g/mol. The van der Waals surface area contributed by atoms with Crippen molar-refractivity contribution in [2.75, 3.05) is 5.32 Å². The Morgan fingerprint density at radius 1 is 1.35 bits per heavy atom. The molecule has 2 heterocycles. The van der Waals surface area contributed by atoms with E-state index < -0.39 is 0 Å². The van der Waals surface area contributed by atoms with Crippen LogP contribution in [0.15, 0.2) is 18.5 Å². The second kappa shape index (κ2) is 4.61. The van der Waals surface area contributed by atoms with E-state index in [0.717, 1.165) is 23.6 Å². The molecule has 5 heteroatoms. The summed E-state index contributed by atoms with van der Waals surface area (Å²) >= 11 is 0. The van der Waals surface area contributed by atoms with Gasteiger partial charge < -0.3 is 5.32 Å². The summed E-state index contributed by atoms with van der Waals surface area (Å²) in [6, 6.07) is 2.40. The molecular formula is C12H19N5. The summed E-state index contributed by atoms with van der Waals surface area (Å²) in [6.45, 7) is 6.98. The molecule has 0 saturated carbocycles. The number of hydrogen-bond donors (Lipinski definition) is 1. The maximum Gasteiger partial charge on any atom is 0.0825 e. The minimum atomic E-state index is 0.388. The number of nitrogens with one attached hydrogen (secondary N) is 1. The molecule has 0 saturated heterocycles. The van der Waals surface area contributed by atoms with Gasteiger partial charge in [0.15, 0.2) is 0 Å². The van der Waals surface area contributed by atoms with E-state index in [1.807, 2.05) is 37.1 Å². The summed E-state index contributed by atoms with van der Waals surface area (Å²) < 4.78 is 3.78. The first kappa shape index (κ1) is 11.7. The predicted octanol–water partition coefficient (Wildman–Crippen LogP) is 2.12. The highest BCUT2D eigenvalue weighted by Crippen LogP contribution is 2.16. The molecule has 0 aromatic carbocycles. The van der Waals surface area contributed by atoms with Gasteiger partial charge in [0.2, 0.25) is 0 Å². The van der Waals surface area contributed by atoms with Crippen LogP contribution in [-0.4, -0.2) is 19.6 Å². The van der Waals surface area contributed by atoms with E-state index in [1.54, 1.807) is 4.68 Å². The summed E-state index contributed by atoms with van der Waals surface area (Å²) in [5.74, 6) is 0. The lowest BCUT2D eigenvalue weighted by Gasteiger charge is -2.03. The second-order valence-corrected chi connectivity index (χ2v) is 4.54. The molecule has 0 aliphatic rings. The Labute approximate surface area is 101 Å². The van der Waals surface area contributed by atoms with Crippen molar-refractivity contribution >= 4 is 5.69 Å². The van der Waals surface area contributed by atoms with Crippen molar-refractivity contribution in [3.05, 3.63) is 29.8 Å². The molecule has 0 aliphatic carbocycles. The van der Waals surface area contributed by atoms with Gasteiger partial charge in [-0.05, 0) is 26.8 Å². The van der Waals surface area contributed by atoms with Crippen molar-refractivity contribution in [1.82, 2.24) is 19.6 Å². The zero-order valence-electron chi connectivity index (χ0n) is 10.8. The van der Waals surface area contributed by atoms with Crippen molar-refractivity contribution < 1.29 is 0 Å². The molecule has 0 radical (unpaired) electrons. The van der Waals surface area contributed by atoms with Gasteiger partial charge in [0, 0.05) is 25.5 Å². The summed E-state index contributed by atoms with van der Waals surface area (Å²) in [7, 11) is 1.92. The van der Waals surface area contributed by atoms with Crippen molar-refractivity contribution in [2.24, 2.45) is 7.05 Å². The molecule has 0 aliphatic heterocycles. The molecule has 0 atom stereocenters. The van der Waals surface area contributed by atoms with Gasteiger partial charge >= 0.3 is 0 Å². The monoisotopic (exact) mass is 233 g/mol. The zero-order chi connectivity index (χ0) is 12.4. The summed E-state index contributed by atoms with van der Waals surface area (Å²) in [4.78, 5) is 0. The van der Waals surface area contributed by atoms with Crippen molar-refractivity contribution in [3.63, 3.8) is 0 Å². The van der Waals surface area contributed by atoms with Crippen LogP contribution in [0.1, 0.15) is 31.3 Å². The van der Waals surface area contributed by atoms with Crippen LogP contribution in [0.2, 0.25) is 0 Å². The van der Waals surface area contributed by atoms with Crippen LogP contribution < -0.4 is 5.32 Å². The van der Waals surface area contributed by atoms with E-state index in [4.69, 9.17) is 0 Å². The van der Waals surface area contributed by atoms with E-state index in [1.165, 1.54) is 0 Å². The van der Waals surface area contributed by atoms with Crippen LogP contribution >= 0.6 is 0 Å². The molecule has 17 heavy (non-hydrogen) atoms. The first-order valence-corrected chi connectivity index (χ1v) is 5.84. The molecule has 0 spiro atoms. The fourth-order valence-corrected chi connectivity index (χ4v) is 1.66. The molecule has 0 bridgehead atoms. The Morgan fingerprint density at radius 3 is 2.65 bits per heavy atom. The summed E-state index contributed by atoms with van der Waals surface area (Å²) in [6.07, 6.45) is 3.99. The highest BCUT2D eigenvalue weighted by molar-refractivity contribution is 5.45. The van der Waals surface area contributed by atoms with Gasteiger partial charge in [0.1, 0.15) is 0 Å². The summed E-state index contributed by atoms with van der Waals surface area (Å²) in [5.41, 5.74) is 3.13. The Balaban J connectivity index is 2.03. The fourth-order valence-electron chi connectivity index (χ4n) is 1.66. The van der Waals surface area contributed by atoms with Gasteiger partial charge in [-0.25, -0.2) is 0 Å². The van der Waals surface area contributed by atoms with Crippen LogP contribution in [0, 0.1) is 6.92 Å². The first-order chi connectivity index (χ1) is 8.06. The van der Waals surface area contributed by atoms with Crippen LogP contribution in [0.3, 0.4) is 0 Å². The van der Waals surface area contributed by atoms with E-state index in [0.29, 0.717) is 6.04 Å². The second-order valence-electron chi connectivity index (χ2n) is 4.54. The topological polar surface area (TPSA) is 47.7 Å². The Bertz CT molecular complexity index is 495. The fraction of sp³-hybridized carbons (Fsp3) is 0.500. The smallest absolute Gasteiger partial charge is 0.0825 e. The lowest BCUT2D eigenvalue weighted by molar-refractivity contribution is 0.529. The number of anilines is 1. The minimum absolute atomic E-state index is 0.388. The number of aromatic nitrogens is 4. The highest BCUT2D eigenvalue weighted by atomic mass is 15.3. The molecule has 2 aromatic heterocycles. The number of aryl methyl sites for hydroxylation is 2. The van der Waals surface area contributed by atoms with Gasteiger partial charge in [-0.15, -0.1) is 0 Å². The molecule has 2 aromatic rings. The number of hydrogen-bond acceptors (Lipinski definition) is 3. The normalized spacial score (nSPS) is 11.1. The molecule has 0 fully saturated rings. The molecule has 5 nitrogen and oxygen atoms in total. The van der Waals surface area contributed by atoms with Crippen LogP contribution in [0.4, 0.5) is 5.69 Å². The average molecular weight is 233 g/mol. The quantitative estimate of drug-likeness (QED) is 0.880. The largest absolute Gasteiger partial charge is 0.377 e. The highest BCUT2D eigenvalue weighted by Gasteiger charge is 2.07. The third-order valence-electron chi connectivity index (χ3n) is 2.67. The molecule has 1 N–H and O–H groups in total. The Kier molecular flexibility index (Phi) is 3.17. The predicted molar refractivity (Wildman–Crippen MR) is 67.9 cm³/mol. The standard InChI is InChI=1S/C12H19N5/c1-9(2)17-8-12(10(3)14-17)13-7-11-5-6-16(4)15-11/h5-6,8-9,13H,7H2,1-4H3. The SMILES string of the molecule is Cc1nn(C(C)C)cc1NCc1ccn(C)n1. The first-order valence-electron chi connectivity index (χ1n) is 5.84. The van der Waals surface area contributed by atoms with Gasteiger partial charge in [0.25, 0.3) is 0 Å². The zero-order valence-corrected chi connectivity index (χ0v) is 10.8. The van der Waals surface area contributed by atoms with Crippen LogP contribution in [0.25, 0.3) is 0 Å². The lowest BCUT2D eigenvalue weighted by Crippen LogP contribution is -2.02. The molecule has 2 rings (SSSR count). The van der Waals surface area contributed by atoms with E-state index in [9.17, 15) is 0 Å². The van der Waals surface area contributed by atoms with E-state index >= 15 is 0 Å². The molecule has 92 valence electrons. The Hall–Kier alpha value is -1.78. The van der Waals surface area contributed by atoms with Gasteiger partial charge in [-0.1, -0.05) is 0 Å². The van der Waals surface area contributed by atoms with Gasteiger partial charge in [-0.2, -0.15) is 10.2 Å². The van der Waals surface area contributed by atoms with Crippen molar-refractivity contribution in [3.8, 4) is 0 Å². The van der Waals surface area contributed by atoms with E-state index in [-0.39, 0.29) is 0 Å². The number of nitrogens with zero attached hydrogens (tertiary/aromatic N) is 4. The van der Waals surface area contributed by atoms with Gasteiger partial charge in [-0.3, -0.25) is 9.36 Å². The van der Waals surface area contributed by atoms with Crippen LogP contribution in [0.5, 0.6) is 0 Å². The Morgan fingerprint density at radius 2 is 2.12 bits per heavy atom. The van der Waals surface area contributed by atoms with Crippen molar-refractivity contribution in [1.29, 1.82) is 0 Å². The lowest BCUT2D eigenvalue weighted by atomic mass is 10.3. The van der Waals surface area contributed by atoms with E-state index in [2.05, 4.69) is 29.4 Å². The molecule has 0 amide bonds.